The first-order valence-electron chi connectivity index (χ1n) is 9.98. The second-order valence-electron chi connectivity index (χ2n) is 7.63. The van der Waals surface area contributed by atoms with E-state index in [0.29, 0.717) is 18.5 Å². The number of hydrogen-bond donors (Lipinski definition) is 2. The molecule has 2 N–H and O–H groups in total. The molecule has 0 aliphatic rings. The summed E-state index contributed by atoms with van der Waals surface area (Å²) in [5.74, 6) is 0.772. The summed E-state index contributed by atoms with van der Waals surface area (Å²) < 4.78 is 5.88. The summed E-state index contributed by atoms with van der Waals surface area (Å²) in [6.45, 7) is 10.8. The van der Waals surface area contributed by atoms with Gasteiger partial charge in [0.15, 0.2) is 5.76 Å². The Kier molecular flexibility index (Phi) is 6.23. The van der Waals surface area contributed by atoms with E-state index in [2.05, 4.69) is 39.9 Å². The van der Waals surface area contributed by atoms with Gasteiger partial charge in [-0.15, -0.1) is 0 Å². The van der Waals surface area contributed by atoms with E-state index in [1.54, 1.807) is 6.07 Å². The molecule has 0 bridgehead atoms. The van der Waals surface area contributed by atoms with Crippen molar-refractivity contribution < 1.29 is 14.3 Å². The van der Waals surface area contributed by atoms with Crippen LogP contribution < -0.4 is 5.32 Å². The van der Waals surface area contributed by atoms with Crippen LogP contribution in [0.5, 0.6) is 0 Å². The van der Waals surface area contributed by atoms with Gasteiger partial charge in [0.25, 0.3) is 5.91 Å². The van der Waals surface area contributed by atoms with Gasteiger partial charge in [0, 0.05) is 18.7 Å². The molecule has 0 spiro atoms. The molecule has 0 unspecified atom stereocenters. The number of anilines is 1. The van der Waals surface area contributed by atoms with Crippen LogP contribution >= 0.6 is 0 Å². The van der Waals surface area contributed by atoms with Crippen molar-refractivity contribution in [1.29, 1.82) is 0 Å². The van der Waals surface area contributed by atoms with E-state index in [0.717, 1.165) is 11.3 Å². The Hall–Kier alpha value is -2.85. The van der Waals surface area contributed by atoms with E-state index in [1.165, 1.54) is 33.4 Å². The maximum atomic E-state index is 12.7. The monoisotopic (exact) mass is 391 g/mol. The van der Waals surface area contributed by atoms with Gasteiger partial charge >= 0.3 is 0 Å². The van der Waals surface area contributed by atoms with Crippen LogP contribution in [0.25, 0.3) is 0 Å². The van der Waals surface area contributed by atoms with E-state index in [-0.39, 0.29) is 18.3 Å². The number of para-hydroxylation sites is 1. The van der Waals surface area contributed by atoms with Crippen LogP contribution in [0.15, 0.2) is 40.8 Å². The third kappa shape index (κ3) is 4.28. The van der Waals surface area contributed by atoms with Crippen LogP contribution in [0.3, 0.4) is 0 Å². The number of nitrogens with one attached hydrogen (secondary N) is 1. The molecule has 1 heterocycles. The van der Waals surface area contributed by atoms with Crippen molar-refractivity contribution in [3.63, 3.8) is 0 Å². The fraction of sp³-hybridized carbons (Fsp3) is 0.320. The molecule has 0 aliphatic heterocycles. The van der Waals surface area contributed by atoms with Gasteiger partial charge in [-0.05, 0) is 98.2 Å². The molecule has 0 saturated heterocycles. The summed E-state index contributed by atoms with van der Waals surface area (Å²) in [5.41, 5.74) is 9.39. The number of rotatable bonds is 6. The lowest BCUT2D eigenvalue weighted by Gasteiger charge is -2.18. The van der Waals surface area contributed by atoms with E-state index < -0.39 is 0 Å². The van der Waals surface area contributed by atoms with Gasteiger partial charge in [0.05, 0.1) is 0 Å². The molecular formula is C25H29NO3. The zero-order chi connectivity index (χ0) is 21.1. The molecule has 0 aliphatic carbocycles. The summed E-state index contributed by atoms with van der Waals surface area (Å²) >= 11 is 0. The number of carbonyl (C=O) groups is 1. The average Bonchev–Trinajstić information content (AvgIpc) is 3.19. The SMILES string of the molecule is Cc1c(C)c(C)c(Cc2ccc(C(=O)Nc3ccccc3CCO)o2)c(C)c1C. The van der Waals surface area contributed by atoms with Crippen molar-refractivity contribution in [2.24, 2.45) is 0 Å². The third-order valence-corrected chi connectivity index (χ3v) is 6.04. The molecule has 4 heteroatoms. The lowest BCUT2D eigenvalue weighted by Crippen LogP contribution is -2.13. The molecule has 29 heavy (non-hydrogen) atoms. The molecule has 1 amide bonds. The molecular weight excluding hydrogens is 362 g/mol. The standard InChI is InChI=1S/C25H29NO3/c1-15-16(2)18(4)22(19(5)17(15)3)14-21-10-11-24(29-21)25(28)26-23-9-7-6-8-20(23)12-13-27/h6-11,27H,12-14H2,1-5H3,(H,26,28). The molecule has 3 rings (SSSR count). The molecule has 1 aromatic heterocycles. The summed E-state index contributed by atoms with van der Waals surface area (Å²) in [7, 11) is 0. The fourth-order valence-electron chi connectivity index (χ4n) is 3.78. The summed E-state index contributed by atoms with van der Waals surface area (Å²) in [5, 5.41) is 12.1. The lowest BCUT2D eigenvalue weighted by atomic mass is 9.88. The van der Waals surface area contributed by atoms with Crippen molar-refractivity contribution in [3.05, 3.63) is 86.9 Å². The smallest absolute Gasteiger partial charge is 0.291 e. The zero-order valence-electron chi connectivity index (χ0n) is 17.8. The van der Waals surface area contributed by atoms with E-state index in [9.17, 15) is 9.90 Å². The van der Waals surface area contributed by atoms with Gasteiger partial charge in [0.2, 0.25) is 0 Å². The number of carbonyl (C=O) groups excluding carboxylic acids is 1. The van der Waals surface area contributed by atoms with Crippen LogP contribution in [0.1, 0.15) is 55.3 Å². The van der Waals surface area contributed by atoms with Crippen molar-refractivity contribution in [2.75, 3.05) is 11.9 Å². The average molecular weight is 392 g/mol. The quantitative estimate of drug-likeness (QED) is 0.607. The Labute approximate surface area is 172 Å². The molecule has 0 fully saturated rings. The van der Waals surface area contributed by atoms with Crippen LogP contribution in [-0.2, 0) is 12.8 Å². The highest BCUT2D eigenvalue weighted by Crippen LogP contribution is 2.28. The van der Waals surface area contributed by atoms with Crippen LogP contribution in [-0.4, -0.2) is 17.6 Å². The Morgan fingerprint density at radius 2 is 1.52 bits per heavy atom. The second-order valence-corrected chi connectivity index (χ2v) is 7.63. The Morgan fingerprint density at radius 1 is 0.897 bits per heavy atom. The van der Waals surface area contributed by atoms with Gasteiger partial charge < -0.3 is 14.8 Å². The Morgan fingerprint density at radius 3 is 2.17 bits per heavy atom. The highest BCUT2D eigenvalue weighted by molar-refractivity contribution is 6.02. The van der Waals surface area contributed by atoms with Gasteiger partial charge in [0.1, 0.15) is 5.76 Å². The highest BCUT2D eigenvalue weighted by atomic mass is 16.3. The lowest BCUT2D eigenvalue weighted by molar-refractivity contribution is 0.0995. The molecule has 3 aromatic rings. The van der Waals surface area contributed by atoms with E-state index >= 15 is 0 Å². The maximum absolute atomic E-state index is 12.7. The Bertz CT molecular complexity index is 1020. The van der Waals surface area contributed by atoms with E-state index in [1.807, 2.05) is 30.3 Å². The molecule has 4 nitrogen and oxygen atoms in total. The van der Waals surface area contributed by atoms with Gasteiger partial charge in [-0.2, -0.15) is 0 Å². The zero-order valence-corrected chi connectivity index (χ0v) is 17.8. The topological polar surface area (TPSA) is 62.5 Å². The first-order valence-corrected chi connectivity index (χ1v) is 9.98. The minimum absolute atomic E-state index is 0.0336. The Balaban J connectivity index is 1.81. The molecule has 0 saturated carbocycles. The number of furan rings is 1. The van der Waals surface area contributed by atoms with Crippen molar-refractivity contribution in [1.82, 2.24) is 0 Å². The van der Waals surface area contributed by atoms with Crippen molar-refractivity contribution in [2.45, 2.75) is 47.5 Å². The van der Waals surface area contributed by atoms with Gasteiger partial charge in [-0.3, -0.25) is 4.79 Å². The second kappa shape index (κ2) is 8.66. The number of benzene rings is 2. The third-order valence-electron chi connectivity index (χ3n) is 6.04. The molecule has 152 valence electrons. The highest BCUT2D eigenvalue weighted by Gasteiger charge is 2.17. The predicted molar refractivity (Wildman–Crippen MR) is 117 cm³/mol. The van der Waals surface area contributed by atoms with Crippen molar-refractivity contribution >= 4 is 11.6 Å². The molecule has 2 aromatic carbocycles. The summed E-state index contributed by atoms with van der Waals surface area (Å²) in [6.07, 6.45) is 1.15. The summed E-state index contributed by atoms with van der Waals surface area (Å²) in [6, 6.07) is 11.1. The minimum Gasteiger partial charge on any atom is -0.456 e. The van der Waals surface area contributed by atoms with Crippen LogP contribution in [0, 0.1) is 34.6 Å². The maximum Gasteiger partial charge on any atom is 0.291 e. The van der Waals surface area contributed by atoms with Crippen LogP contribution in [0.2, 0.25) is 0 Å². The van der Waals surface area contributed by atoms with Crippen LogP contribution in [0.4, 0.5) is 5.69 Å². The number of aliphatic hydroxyl groups is 1. The first-order chi connectivity index (χ1) is 13.8. The predicted octanol–water partition coefficient (Wildman–Crippen LogP) is 5.20. The number of amides is 1. The fourth-order valence-corrected chi connectivity index (χ4v) is 3.78. The molecule has 0 radical (unpaired) electrons. The van der Waals surface area contributed by atoms with Gasteiger partial charge in [-0.1, -0.05) is 18.2 Å². The normalized spacial score (nSPS) is 11.0. The largest absolute Gasteiger partial charge is 0.456 e. The number of hydrogen-bond acceptors (Lipinski definition) is 3. The molecule has 0 atom stereocenters. The minimum atomic E-state index is -0.286. The number of aliphatic hydroxyl groups excluding tert-OH is 1. The summed E-state index contributed by atoms with van der Waals surface area (Å²) in [4.78, 5) is 12.7. The van der Waals surface area contributed by atoms with Gasteiger partial charge in [-0.25, -0.2) is 0 Å². The van der Waals surface area contributed by atoms with Crippen molar-refractivity contribution in [3.8, 4) is 0 Å². The van der Waals surface area contributed by atoms with E-state index in [4.69, 9.17) is 4.42 Å². The first kappa shape index (κ1) is 20.9.